The molecule has 2 N–H and O–H groups in total. The van der Waals surface area contributed by atoms with E-state index in [1.54, 1.807) is 0 Å². The largest absolute Gasteiger partial charge is 0.507 e. The van der Waals surface area contributed by atoms with E-state index < -0.39 is 0 Å². The molecule has 0 amide bonds. The number of aromatic hydroxyl groups is 2. The fourth-order valence-electron chi connectivity index (χ4n) is 2.15. The van der Waals surface area contributed by atoms with E-state index in [2.05, 4.69) is 27.7 Å². The van der Waals surface area contributed by atoms with Crippen molar-refractivity contribution in [1.82, 2.24) is 0 Å². The minimum Gasteiger partial charge on any atom is -0.507 e. The number of phenolic OH excluding ortho intramolecular Hbond substituents is 2. The summed E-state index contributed by atoms with van der Waals surface area (Å²) in [6.45, 7) is 12.2. The summed E-state index contributed by atoms with van der Waals surface area (Å²) in [5, 5.41) is 20.5. The van der Waals surface area contributed by atoms with E-state index in [0.29, 0.717) is 5.56 Å². The first kappa shape index (κ1) is 13.9. The number of benzene rings is 1. The average molecular weight is 236 g/mol. The van der Waals surface area contributed by atoms with Crippen molar-refractivity contribution in [2.75, 3.05) is 0 Å². The van der Waals surface area contributed by atoms with Gasteiger partial charge in [0.05, 0.1) is 0 Å². The summed E-state index contributed by atoms with van der Waals surface area (Å²) in [6.07, 6.45) is 0. The van der Waals surface area contributed by atoms with Crippen LogP contribution in [0.15, 0.2) is 6.07 Å². The van der Waals surface area contributed by atoms with Gasteiger partial charge in [-0.1, -0.05) is 41.5 Å². The fourth-order valence-corrected chi connectivity index (χ4v) is 2.15. The van der Waals surface area contributed by atoms with Gasteiger partial charge in [0, 0.05) is 5.56 Å². The molecule has 0 aliphatic carbocycles. The van der Waals surface area contributed by atoms with Gasteiger partial charge in [-0.15, -0.1) is 0 Å². The first-order valence-electron chi connectivity index (χ1n) is 6.35. The number of phenols is 2. The predicted octanol–water partition coefficient (Wildman–Crippen LogP) is 4.47. The van der Waals surface area contributed by atoms with Crippen LogP contribution in [0.1, 0.15) is 76.0 Å². The lowest BCUT2D eigenvalue weighted by Gasteiger charge is -2.21. The summed E-state index contributed by atoms with van der Waals surface area (Å²) in [5.41, 5.74) is 2.53. The Morgan fingerprint density at radius 3 is 1.29 bits per heavy atom. The molecule has 17 heavy (non-hydrogen) atoms. The molecule has 0 heterocycles. The first-order valence-corrected chi connectivity index (χ1v) is 6.35. The van der Waals surface area contributed by atoms with Crippen LogP contribution in [-0.2, 0) is 0 Å². The molecule has 0 saturated carbocycles. The van der Waals surface area contributed by atoms with Crippen LogP contribution in [0, 0.1) is 0 Å². The Morgan fingerprint density at radius 1 is 0.706 bits per heavy atom. The molecule has 0 radical (unpaired) electrons. The van der Waals surface area contributed by atoms with E-state index in [-0.39, 0.29) is 29.3 Å². The van der Waals surface area contributed by atoms with E-state index in [0.717, 1.165) is 11.1 Å². The van der Waals surface area contributed by atoms with E-state index in [9.17, 15) is 10.2 Å². The molecule has 1 rings (SSSR count). The third-order valence-corrected chi connectivity index (χ3v) is 3.19. The molecule has 1 aromatic carbocycles. The maximum absolute atomic E-state index is 10.3. The zero-order valence-corrected chi connectivity index (χ0v) is 11.7. The minimum absolute atomic E-state index is 0.117. The van der Waals surface area contributed by atoms with Crippen LogP contribution < -0.4 is 0 Å². The van der Waals surface area contributed by atoms with Crippen molar-refractivity contribution in [2.45, 2.75) is 59.3 Å². The highest BCUT2D eigenvalue weighted by atomic mass is 16.3. The smallest absolute Gasteiger partial charge is 0.126 e. The predicted molar refractivity (Wildman–Crippen MR) is 72.0 cm³/mol. The van der Waals surface area contributed by atoms with Crippen LogP contribution in [0.2, 0.25) is 0 Å². The van der Waals surface area contributed by atoms with Gasteiger partial charge in [-0.05, 0) is 34.9 Å². The van der Waals surface area contributed by atoms with Crippen molar-refractivity contribution < 1.29 is 10.2 Å². The van der Waals surface area contributed by atoms with Crippen LogP contribution in [0.5, 0.6) is 11.5 Å². The molecule has 0 saturated heterocycles. The molecule has 0 aliphatic heterocycles. The lowest BCUT2D eigenvalue weighted by Crippen LogP contribution is -2.01. The van der Waals surface area contributed by atoms with Crippen LogP contribution in [0.25, 0.3) is 0 Å². The van der Waals surface area contributed by atoms with Gasteiger partial charge in [0.2, 0.25) is 0 Å². The first-order chi connectivity index (χ1) is 7.77. The van der Waals surface area contributed by atoms with Crippen molar-refractivity contribution in [3.05, 3.63) is 22.8 Å². The second kappa shape index (κ2) is 4.99. The van der Waals surface area contributed by atoms with Gasteiger partial charge in [0.25, 0.3) is 0 Å². The van der Waals surface area contributed by atoms with Gasteiger partial charge in [0.15, 0.2) is 0 Å². The van der Waals surface area contributed by atoms with Crippen LogP contribution in [0.3, 0.4) is 0 Å². The highest BCUT2D eigenvalue weighted by Crippen LogP contribution is 2.43. The van der Waals surface area contributed by atoms with Crippen molar-refractivity contribution >= 4 is 0 Å². The normalized spacial score (nSPS) is 11.8. The molecule has 0 bridgehead atoms. The Morgan fingerprint density at radius 2 is 1.06 bits per heavy atom. The highest BCUT2D eigenvalue weighted by Gasteiger charge is 2.21. The topological polar surface area (TPSA) is 40.5 Å². The Labute approximate surface area is 104 Å². The Hall–Kier alpha value is -1.18. The van der Waals surface area contributed by atoms with Crippen molar-refractivity contribution in [2.24, 2.45) is 0 Å². The van der Waals surface area contributed by atoms with Crippen LogP contribution in [-0.4, -0.2) is 10.2 Å². The quantitative estimate of drug-likeness (QED) is 0.813. The Kier molecular flexibility index (Phi) is 4.07. The van der Waals surface area contributed by atoms with Gasteiger partial charge < -0.3 is 10.2 Å². The summed E-state index contributed by atoms with van der Waals surface area (Å²) >= 11 is 0. The maximum Gasteiger partial charge on any atom is 0.126 e. The van der Waals surface area contributed by atoms with Crippen molar-refractivity contribution in [3.63, 3.8) is 0 Å². The van der Waals surface area contributed by atoms with Gasteiger partial charge in [-0.3, -0.25) is 0 Å². The molecule has 1 aromatic rings. The van der Waals surface area contributed by atoms with E-state index >= 15 is 0 Å². The Bertz CT molecular complexity index is 372. The monoisotopic (exact) mass is 236 g/mol. The maximum atomic E-state index is 10.3. The molecule has 0 fully saturated rings. The van der Waals surface area contributed by atoms with Crippen molar-refractivity contribution in [1.29, 1.82) is 0 Å². The summed E-state index contributed by atoms with van der Waals surface area (Å²) in [4.78, 5) is 0. The number of rotatable bonds is 3. The number of hydrogen-bond acceptors (Lipinski definition) is 2. The summed E-state index contributed by atoms with van der Waals surface area (Å²) in [6, 6.07) is 1.94. The van der Waals surface area contributed by atoms with E-state index in [1.807, 2.05) is 19.9 Å². The second-order valence-electron chi connectivity index (χ2n) is 5.63. The molecule has 96 valence electrons. The zero-order valence-electron chi connectivity index (χ0n) is 11.7. The summed E-state index contributed by atoms with van der Waals surface area (Å²) in [5.74, 6) is 1.15. The molecule has 0 aromatic heterocycles. The SMILES string of the molecule is CC(C)c1cc(C(C)C)c(O)c(C(C)C)c1O. The fraction of sp³-hybridized carbons (Fsp3) is 0.600. The van der Waals surface area contributed by atoms with Gasteiger partial charge in [0.1, 0.15) is 11.5 Å². The molecule has 0 unspecified atom stereocenters. The third kappa shape index (κ3) is 2.56. The third-order valence-electron chi connectivity index (χ3n) is 3.19. The standard InChI is InChI=1S/C15H24O2/c1-8(2)11-7-12(9(3)4)15(17)13(10(5)6)14(11)16/h7-10,16-17H,1-6H3. The Balaban J connectivity index is 3.58. The molecule has 2 heteroatoms. The van der Waals surface area contributed by atoms with Gasteiger partial charge >= 0.3 is 0 Å². The average Bonchev–Trinajstić information content (AvgIpc) is 2.15. The van der Waals surface area contributed by atoms with Crippen LogP contribution >= 0.6 is 0 Å². The molecule has 0 aliphatic rings. The molecular formula is C15H24O2. The molecule has 0 spiro atoms. The summed E-state index contributed by atoms with van der Waals surface area (Å²) < 4.78 is 0. The lowest BCUT2D eigenvalue weighted by molar-refractivity contribution is 0.421. The van der Waals surface area contributed by atoms with Gasteiger partial charge in [-0.2, -0.15) is 0 Å². The lowest BCUT2D eigenvalue weighted by atomic mass is 9.87. The molecule has 2 nitrogen and oxygen atoms in total. The van der Waals surface area contributed by atoms with Crippen molar-refractivity contribution in [3.8, 4) is 11.5 Å². The van der Waals surface area contributed by atoms with E-state index in [1.165, 1.54) is 0 Å². The van der Waals surface area contributed by atoms with Gasteiger partial charge in [-0.25, -0.2) is 0 Å². The van der Waals surface area contributed by atoms with E-state index in [4.69, 9.17) is 0 Å². The van der Waals surface area contributed by atoms with Crippen LogP contribution in [0.4, 0.5) is 0 Å². The minimum atomic E-state index is 0.117. The second-order valence-corrected chi connectivity index (χ2v) is 5.63. The molecular weight excluding hydrogens is 212 g/mol. The molecule has 0 atom stereocenters. The highest BCUT2D eigenvalue weighted by molar-refractivity contribution is 5.56. The number of hydrogen-bond donors (Lipinski definition) is 2. The summed E-state index contributed by atoms with van der Waals surface area (Å²) in [7, 11) is 0. The zero-order chi connectivity index (χ0) is 13.3.